The van der Waals surface area contributed by atoms with E-state index in [1.165, 1.54) is 40.4 Å². The van der Waals surface area contributed by atoms with Crippen LogP contribution in [-0.2, 0) is 57.4 Å². The summed E-state index contributed by atoms with van der Waals surface area (Å²) >= 11 is 0. The molecule has 37 nitrogen and oxygen atoms in total. The third-order valence-electron chi connectivity index (χ3n) is 26.4. The van der Waals surface area contributed by atoms with Crippen molar-refractivity contribution in [3.8, 4) is 0 Å². The van der Waals surface area contributed by atoms with Gasteiger partial charge in [0.05, 0.1) is 47.0 Å². The Morgan fingerprint density at radius 2 is 0.658 bits per heavy atom. The van der Waals surface area contributed by atoms with Crippen molar-refractivity contribution in [1.82, 2.24) is 39.2 Å². The van der Waals surface area contributed by atoms with Crippen LogP contribution in [0.1, 0.15) is 147 Å². The first kappa shape index (κ1) is 99.5. The van der Waals surface area contributed by atoms with Crippen LogP contribution in [0.25, 0.3) is 0 Å². The molecule has 12 aliphatic rings. The van der Waals surface area contributed by atoms with Crippen molar-refractivity contribution >= 4 is 65.4 Å². The van der Waals surface area contributed by atoms with Crippen LogP contribution in [0.5, 0.6) is 0 Å². The number of imide groups is 4. The smallest absolute Gasteiger partial charge is 0.410 e. The van der Waals surface area contributed by atoms with Gasteiger partial charge in [0.25, 0.3) is 0 Å². The molecule has 4 spiro atoms. The molecule has 0 radical (unpaired) electrons. The molecular weight excluding hydrogens is 1560 g/mol. The molecule has 12 fully saturated rings. The number of nitrogens with zero attached hydrogens (tertiary/aromatic N) is 8. The number of amides is 10. The Hall–Kier alpha value is -6.32. The van der Waals surface area contributed by atoms with E-state index in [0.29, 0.717) is 37.8 Å². The van der Waals surface area contributed by atoms with Crippen molar-refractivity contribution < 1.29 is 157 Å². The molecular formula is C77H127F3N8O29. The van der Waals surface area contributed by atoms with Crippen LogP contribution in [0, 0.1) is 51.2 Å². The van der Waals surface area contributed by atoms with Gasteiger partial charge in [-0.15, -0.1) is 0 Å². The number of esters is 1. The number of hydrogen-bond acceptors (Lipinski definition) is 31. The minimum atomic E-state index is -1.79. The highest BCUT2D eigenvalue weighted by molar-refractivity contribution is 6.08. The Morgan fingerprint density at radius 1 is 0.393 bits per heavy atom. The number of hydrogen-bond donors (Lipinski definition) is 15. The number of ether oxygens (including phenoxy) is 3. The molecule has 19 unspecified atom stereocenters. The SMILES string of the molecule is C.CC(=O)OC1C(C)C(C)C(C)C(C)C1F.CC(F)CN1C(=O)CC2(CCN(C)CC2)C1=O.CC1C(O)C(O)C(O)C(O)C1O.CCN1C(=O)CC2(CCN(C(=O)OC3C(O)C(O)C(O)C(O)C3O)CC2)C1=O.CCN1C(=O)CC2(CCN(C(=O)OC3C(O)C(O)C(O)C(O)C3O)CC2)C1=O.CN1CCC2(CC1)CC(=O)N(CCF)C2=O. The van der Waals surface area contributed by atoms with Gasteiger partial charge in [0.1, 0.15) is 104 Å². The van der Waals surface area contributed by atoms with Crippen molar-refractivity contribution in [2.75, 3.05) is 99.3 Å². The van der Waals surface area contributed by atoms with Crippen LogP contribution in [0.3, 0.4) is 0 Å². The normalized spacial score (nSPS) is 37.3. The molecule has 40 heteroatoms. The summed E-state index contributed by atoms with van der Waals surface area (Å²) in [5.74, 6) is -1.87. The fourth-order valence-electron chi connectivity index (χ4n) is 17.7. The Morgan fingerprint density at radius 3 is 0.949 bits per heavy atom. The molecule has 0 aromatic heterocycles. The van der Waals surface area contributed by atoms with E-state index in [-0.39, 0.29) is 163 Å². The zero-order valence-electron chi connectivity index (χ0n) is 67.7. The minimum Gasteiger partial charge on any atom is -0.459 e. The molecule has 670 valence electrons. The summed E-state index contributed by atoms with van der Waals surface area (Å²) in [6, 6.07) is 0. The van der Waals surface area contributed by atoms with Crippen LogP contribution in [0.2, 0.25) is 0 Å². The van der Waals surface area contributed by atoms with Crippen LogP contribution in [0.4, 0.5) is 22.8 Å². The van der Waals surface area contributed by atoms with Gasteiger partial charge in [0, 0.05) is 77.8 Å². The summed E-state index contributed by atoms with van der Waals surface area (Å²) in [4.78, 5) is 144. The van der Waals surface area contributed by atoms with Gasteiger partial charge in [-0.1, -0.05) is 42.0 Å². The summed E-state index contributed by atoms with van der Waals surface area (Å²) in [5.41, 5.74) is -2.67. The van der Waals surface area contributed by atoms with Gasteiger partial charge in [0.2, 0.25) is 47.3 Å². The summed E-state index contributed by atoms with van der Waals surface area (Å²) in [6.07, 6.45) is -27.5. The number of alkyl halides is 3. The van der Waals surface area contributed by atoms with Gasteiger partial charge in [0.15, 0.2) is 12.2 Å². The second kappa shape index (κ2) is 41.0. The Bertz CT molecular complexity index is 3220. The molecule has 0 aromatic carbocycles. The quantitative estimate of drug-likeness (QED) is 0.0604. The predicted molar refractivity (Wildman–Crippen MR) is 402 cm³/mol. The van der Waals surface area contributed by atoms with Gasteiger partial charge in [-0.05, 0) is 136 Å². The van der Waals surface area contributed by atoms with E-state index in [4.69, 9.17) is 29.5 Å². The highest BCUT2D eigenvalue weighted by Crippen LogP contribution is 2.47. The number of likely N-dealkylation sites (tertiary alicyclic amines) is 8. The number of carbonyl (C=O) groups excluding carboxylic acids is 11. The fourth-order valence-corrected chi connectivity index (χ4v) is 17.7. The number of halogens is 3. The zero-order chi connectivity index (χ0) is 87.2. The molecule has 8 aliphatic heterocycles. The summed E-state index contributed by atoms with van der Waals surface area (Å²) < 4.78 is 54.5. The maximum Gasteiger partial charge on any atom is 0.410 e. The summed E-state index contributed by atoms with van der Waals surface area (Å²) in [6.45, 7) is 19.4. The first-order chi connectivity index (χ1) is 54.1. The number of piperidine rings is 4. The van der Waals surface area contributed by atoms with Crippen LogP contribution in [-0.4, -0.2) is 403 Å². The lowest BCUT2D eigenvalue weighted by Gasteiger charge is -2.43. The average molecular weight is 1690 g/mol. The minimum absolute atomic E-state index is 0. The molecule has 12 rings (SSSR count). The van der Waals surface area contributed by atoms with E-state index in [1.54, 1.807) is 13.8 Å². The monoisotopic (exact) mass is 1680 g/mol. The third-order valence-corrected chi connectivity index (χ3v) is 26.4. The maximum atomic E-state index is 14.0. The lowest BCUT2D eigenvalue weighted by molar-refractivity contribution is -0.224. The molecule has 4 saturated carbocycles. The van der Waals surface area contributed by atoms with Crippen LogP contribution < -0.4 is 0 Å². The molecule has 4 aliphatic carbocycles. The first-order valence-corrected chi connectivity index (χ1v) is 40.0. The van der Waals surface area contributed by atoms with Gasteiger partial charge < -0.3 is 110 Å². The van der Waals surface area contributed by atoms with Crippen molar-refractivity contribution in [3.05, 3.63) is 0 Å². The Kier molecular flexibility index (Phi) is 34.9. The van der Waals surface area contributed by atoms with Gasteiger partial charge >= 0.3 is 18.2 Å². The fraction of sp³-hybridized carbons (Fsp3) is 0.857. The topological polar surface area (TPSA) is 545 Å². The van der Waals surface area contributed by atoms with Crippen molar-refractivity contribution in [3.63, 3.8) is 0 Å². The van der Waals surface area contributed by atoms with Crippen molar-refractivity contribution in [1.29, 1.82) is 0 Å². The lowest BCUT2D eigenvalue weighted by Crippen LogP contribution is -2.65. The molecule has 0 aromatic rings. The number of rotatable bonds is 9. The molecule has 8 heterocycles. The van der Waals surface area contributed by atoms with E-state index in [9.17, 15) is 127 Å². The first-order valence-electron chi connectivity index (χ1n) is 40.0. The largest absolute Gasteiger partial charge is 0.459 e. The lowest BCUT2D eigenvalue weighted by atomic mass is 9.67. The highest BCUT2D eigenvalue weighted by Gasteiger charge is 2.59. The van der Waals surface area contributed by atoms with Crippen molar-refractivity contribution in [2.45, 2.75) is 269 Å². The van der Waals surface area contributed by atoms with E-state index in [0.717, 1.165) is 48.8 Å². The maximum absolute atomic E-state index is 14.0. The number of aliphatic hydroxyl groups is 15. The van der Waals surface area contributed by atoms with E-state index in [2.05, 4.69) is 23.6 Å². The van der Waals surface area contributed by atoms with Crippen LogP contribution >= 0.6 is 0 Å². The number of aliphatic hydroxyl groups excluding tert-OH is 15. The third kappa shape index (κ3) is 21.2. The van der Waals surface area contributed by atoms with Gasteiger partial charge in [-0.25, -0.2) is 22.8 Å². The molecule has 15 N–H and O–H groups in total. The van der Waals surface area contributed by atoms with E-state index < -0.39 is 169 Å². The molecule has 10 amide bonds. The zero-order valence-corrected chi connectivity index (χ0v) is 67.7. The van der Waals surface area contributed by atoms with Gasteiger partial charge in [-0.2, -0.15) is 0 Å². The molecule has 8 saturated heterocycles. The van der Waals surface area contributed by atoms with Gasteiger partial charge in [-0.3, -0.25) is 62.8 Å². The second-order valence-corrected chi connectivity index (χ2v) is 33.8. The average Bonchev–Trinajstić information content (AvgIpc) is 1.60. The van der Waals surface area contributed by atoms with E-state index in [1.807, 2.05) is 27.9 Å². The molecule has 117 heavy (non-hydrogen) atoms. The summed E-state index contributed by atoms with van der Waals surface area (Å²) in [5, 5.41) is 144. The predicted octanol–water partition coefficient (Wildman–Crippen LogP) is -3.53. The second-order valence-electron chi connectivity index (χ2n) is 33.8. The highest BCUT2D eigenvalue weighted by atomic mass is 19.1. The Balaban J connectivity index is 0.000000224. The van der Waals surface area contributed by atoms with Crippen molar-refractivity contribution in [2.24, 2.45) is 51.2 Å². The standard InChI is InChI=1S/2C17H26N2O9.C12H19FN2O2.C12H21FO2.C11H17FN2O2.C7H14O5.CH4/c2*1-2-19-8(20)7-17(15(19)26)3-5-18(6-4-17)16(27)28-14-12(24)10(22)9(21)11(23)13(14)25;1-9(13)8-15-10(16)7-12(11(15)17)3-5-14(2)6-4-12;1-6-7(2)9(4)12(15-10(5)14)11(13)8(6)3;1-13-5-2-11(3-6-13)8-9(15)14(7-4-12)10(11)16;1-2-3(8)5(10)7(12)6(11)4(2)9;/h2*9-14,21-25H,2-7H2,1H3;9H,3-8H2,1-2H3;6-9,11-12H,1-5H3;2-8H2,1H3;2-12H,1H3;1H4. The molecule has 19 atom stereocenters. The molecule has 0 bridgehead atoms. The number of carbonyl (C=O) groups is 11. The van der Waals surface area contributed by atoms with E-state index >= 15 is 0 Å². The summed E-state index contributed by atoms with van der Waals surface area (Å²) in [7, 11) is 4.02. The Labute approximate surface area is 678 Å². The van der Waals surface area contributed by atoms with Crippen LogP contribution in [0.15, 0.2) is 0 Å².